The van der Waals surface area contributed by atoms with Gasteiger partial charge in [0.25, 0.3) is 0 Å². The number of aromatic nitrogens is 2. The van der Waals surface area contributed by atoms with Crippen molar-refractivity contribution in [3.05, 3.63) is 23.9 Å². The first kappa shape index (κ1) is 11.5. The average Bonchev–Trinajstić information content (AvgIpc) is 2.69. The molecular weight excluding hydrogens is 226 g/mol. The third-order valence-electron chi connectivity index (χ3n) is 3.64. The van der Waals surface area contributed by atoms with Gasteiger partial charge in [-0.2, -0.15) is 5.10 Å². The van der Waals surface area contributed by atoms with Gasteiger partial charge in [-0.25, -0.2) is 0 Å². The van der Waals surface area contributed by atoms with E-state index in [1.165, 1.54) is 12.8 Å². The van der Waals surface area contributed by atoms with Crippen LogP contribution in [0.2, 0.25) is 0 Å². The van der Waals surface area contributed by atoms with Gasteiger partial charge in [0.1, 0.15) is 0 Å². The lowest BCUT2D eigenvalue weighted by Gasteiger charge is -2.22. The topological polar surface area (TPSA) is 53.1 Å². The molecule has 3 rings (SSSR count). The van der Waals surface area contributed by atoms with Crippen molar-refractivity contribution in [2.45, 2.75) is 38.8 Å². The molecule has 1 atom stereocenters. The van der Waals surface area contributed by atoms with E-state index in [9.17, 15) is 0 Å². The van der Waals surface area contributed by atoms with E-state index in [4.69, 9.17) is 10.5 Å². The van der Waals surface area contributed by atoms with Crippen molar-refractivity contribution >= 4 is 16.6 Å². The zero-order valence-electron chi connectivity index (χ0n) is 10.7. The number of aryl methyl sites for hydroxylation is 1. The van der Waals surface area contributed by atoms with Gasteiger partial charge < -0.3 is 10.5 Å². The smallest absolute Gasteiger partial charge is 0.0771 e. The number of fused-ring (bicyclic) bond motifs is 1. The van der Waals surface area contributed by atoms with E-state index in [1.807, 2.05) is 23.7 Å². The minimum absolute atomic E-state index is 0.294. The molecule has 4 heteroatoms. The van der Waals surface area contributed by atoms with E-state index >= 15 is 0 Å². The summed E-state index contributed by atoms with van der Waals surface area (Å²) < 4.78 is 7.82. The Morgan fingerprint density at radius 1 is 1.44 bits per heavy atom. The molecule has 2 aromatic rings. The van der Waals surface area contributed by atoms with Gasteiger partial charge in [-0.05, 0) is 38.3 Å². The fraction of sp³-hybridized carbons (Fsp3) is 0.500. The van der Waals surface area contributed by atoms with Crippen LogP contribution < -0.4 is 5.73 Å². The maximum Gasteiger partial charge on any atom is 0.0771 e. The molecule has 1 aliphatic rings. The lowest BCUT2D eigenvalue weighted by Crippen LogP contribution is -2.24. The number of nitrogens with zero attached hydrogens (tertiary/aromatic N) is 2. The fourth-order valence-electron chi connectivity index (χ4n) is 2.74. The van der Waals surface area contributed by atoms with Gasteiger partial charge in [0.05, 0.1) is 23.9 Å². The van der Waals surface area contributed by atoms with Crippen molar-refractivity contribution in [3.8, 4) is 0 Å². The molecule has 0 radical (unpaired) electrons. The van der Waals surface area contributed by atoms with Crippen LogP contribution in [0, 0.1) is 6.92 Å². The molecule has 0 amide bonds. The molecule has 18 heavy (non-hydrogen) atoms. The normalized spacial score (nSPS) is 20.4. The first-order valence-electron chi connectivity index (χ1n) is 6.59. The fourth-order valence-corrected chi connectivity index (χ4v) is 2.74. The van der Waals surface area contributed by atoms with Gasteiger partial charge in [-0.15, -0.1) is 0 Å². The Labute approximate surface area is 107 Å². The third-order valence-corrected chi connectivity index (χ3v) is 3.64. The Hall–Kier alpha value is -1.55. The molecule has 1 aromatic heterocycles. The van der Waals surface area contributed by atoms with E-state index in [0.717, 1.165) is 41.9 Å². The number of ether oxygens (including phenoxy) is 1. The molecule has 0 bridgehead atoms. The molecule has 2 heterocycles. The Bertz CT molecular complexity index is 555. The number of benzene rings is 1. The second-order valence-electron chi connectivity index (χ2n) is 5.00. The van der Waals surface area contributed by atoms with E-state index in [2.05, 4.69) is 11.2 Å². The van der Waals surface area contributed by atoms with Crippen LogP contribution in [-0.2, 0) is 11.3 Å². The molecular formula is C14H19N3O. The number of nitrogen functional groups attached to an aromatic ring is 1. The highest BCUT2D eigenvalue weighted by molar-refractivity contribution is 5.92. The quantitative estimate of drug-likeness (QED) is 0.827. The summed E-state index contributed by atoms with van der Waals surface area (Å²) in [6, 6.07) is 5.99. The highest BCUT2D eigenvalue weighted by Crippen LogP contribution is 2.25. The minimum Gasteiger partial charge on any atom is -0.398 e. The van der Waals surface area contributed by atoms with Gasteiger partial charge in [-0.3, -0.25) is 4.68 Å². The summed E-state index contributed by atoms with van der Waals surface area (Å²) >= 11 is 0. The molecule has 0 spiro atoms. The number of anilines is 1. The zero-order valence-corrected chi connectivity index (χ0v) is 10.7. The second-order valence-corrected chi connectivity index (χ2v) is 5.00. The predicted molar refractivity (Wildman–Crippen MR) is 72.5 cm³/mol. The second kappa shape index (κ2) is 4.61. The van der Waals surface area contributed by atoms with Gasteiger partial charge in [0.15, 0.2) is 0 Å². The maximum atomic E-state index is 6.02. The summed E-state index contributed by atoms with van der Waals surface area (Å²) in [4.78, 5) is 0. The average molecular weight is 245 g/mol. The summed E-state index contributed by atoms with van der Waals surface area (Å²) in [5.74, 6) is 0. The van der Waals surface area contributed by atoms with Crippen molar-refractivity contribution in [1.29, 1.82) is 0 Å². The Balaban J connectivity index is 1.94. The minimum atomic E-state index is 0.294. The third kappa shape index (κ3) is 1.97. The summed E-state index contributed by atoms with van der Waals surface area (Å²) in [6.07, 6.45) is 3.86. The highest BCUT2D eigenvalue weighted by atomic mass is 16.5. The molecule has 4 nitrogen and oxygen atoms in total. The SMILES string of the molecule is Cc1nn(CC2CCCCO2)c2cccc(N)c12. The van der Waals surface area contributed by atoms with E-state index in [1.54, 1.807) is 0 Å². The molecule has 2 N–H and O–H groups in total. The standard InChI is InChI=1S/C14H19N3O/c1-10-14-12(15)6-4-7-13(14)17(16-10)9-11-5-2-3-8-18-11/h4,6-7,11H,2-3,5,8-9,15H2,1H3. The van der Waals surface area contributed by atoms with Gasteiger partial charge >= 0.3 is 0 Å². The van der Waals surface area contributed by atoms with Crippen LogP contribution in [0.5, 0.6) is 0 Å². The summed E-state index contributed by atoms with van der Waals surface area (Å²) in [6.45, 7) is 3.72. The monoisotopic (exact) mass is 245 g/mol. The van der Waals surface area contributed by atoms with Crippen molar-refractivity contribution in [2.75, 3.05) is 12.3 Å². The Morgan fingerprint density at radius 3 is 3.11 bits per heavy atom. The van der Waals surface area contributed by atoms with Gasteiger partial charge in [-0.1, -0.05) is 6.07 Å². The number of hydrogen-bond acceptors (Lipinski definition) is 3. The lowest BCUT2D eigenvalue weighted by molar-refractivity contribution is 0.00470. The summed E-state index contributed by atoms with van der Waals surface area (Å²) in [7, 11) is 0. The first-order valence-corrected chi connectivity index (χ1v) is 6.59. The van der Waals surface area contributed by atoms with Crippen LogP contribution >= 0.6 is 0 Å². The molecule has 0 saturated carbocycles. The van der Waals surface area contributed by atoms with Crippen LogP contribution in [0.1, 0.15) is 25.0 Å². The molecule has 1 aromatic carbocycles. The lowest BCUT2D eigenvalue weighted by atomic mass is 10.1. The van der Waals surface area contributed by atoms with Crippen LogP contribution in [0.15, 0.2) is 18.2 Å². The van der Waals surface area contributed by atoms with Gasteiger partial charge in [0.2, 0.25) is 0 Å². The number of rotatable bonds is 2. The molecule has 0 aliphatic carbocycles. The highest BCUT2D eigenvalue weighted by Gasteiger charge is 2.17. The number of nitrogens with two attached hydrogens (primary N) is 1. The van der Waals surface area contributed by atoms with Crippen molar-refractivity contribution in [2.24, 2.45) is 0 Å². The van der Waals surface area contributed by atoms with Crippen molar-refractivity contribution in [1.82, 2.24) is 9.78 Å². The van der Waals surface area contributed by atoms with Crippen molar-refractivity contribution in [3.63, 3.8) is 0 Å². The van der Waals surface area contributed by atoms with Crippen LogP contribution in [0.3, 0.4) is 0 Å². The molecule has 1 saturated heterocycles. The summed E-state index contributed by atoms with van der Waals surface area (Å²) in [5.41, 5.74) is 8.94. The van der Waals surface area contributed by atoms with E-state index < -0.39 is 0 Å². The van der Waals surface area contributed by atoms with Gasteiger partial charge in [0, 0.05) is 17.7 Å². The Morgan fingerprint density at radius 2 is 2.33 bits per heavy atom. The van der Waals surface area contributed by atoms with E-state index in [-0.39, 0.29) is 0 Å². The largest absolute Gasteiger partial charge is 0.398 e. The zero-order chi connectivity index (χ0) is 12.5. The maximum absolute atomic E-state index is 6.02. The van der Waals surface area contributed by atoms with Crippen LogP contribution in [0.25, 0.3) is 10.9 Å². The number of hydrogen-bond donors (Lipinski definition) is 1. The molecule has 96 valence electrons. The molecule has 1 aliphatic heterocycles. The van der Waals surface area contributed by atoms with Crippen molar-refractivity contribution < 1.29 is 4.74 Å². The molecule has 1 unspecified atom stereocenters. The first-order chi connectivity index (χ1) is 8.75. The summed E-state index contributed by atoms with van der Waals surface area (Å²) in [5, 5.41) is 5.68. The Kier molecular flexibility index (Phi) is 2.96. The predicted octanol–water partition coefficient (Wildman–Crippen LogP) is 2.50. The molecule has 1 fully saturated rings. The van der Waals surface area contributed by atoms with Crippen LogP contribution in [-0.4, -0.2) is 22.5 Å². The van der Waals surface area contributed by atoms with E-state index in [0.29, 0.717) is 6.10 Å². The van der Waals surface area contributed by atoms with Crippen LogP contribution in [0.4, 0.5) is 5.69 Å².